The van der Waals surface area contributed by atoms with Gasteiger partial charge in [0, 0.05) is 24.2 Å². The number of fused-ring (bicyclic) bond motifs is 2. The van der Waals surface area contributed by atoms with Crippen LogP contribution >= 0.6 is 34.3 Å². The van der Waals surface area contributed by atoms with Gasteiger partial charge in [-0.3, -0.25) is 0 Å². The molecule has 2 aromatic carbocycles. The van der Waals surface area contributed by atoms with Crippen LogP contribution in [0.25, 0.3) is 41.8 Å². The van der Waals surface area contributed by atoms with Crippen LogP contribution in [0.3, 0.4) is 0 Å². The van der Waals surface area contributed by atoms with E-state index in [1.54, 1.807) is 28.7 Å². The number of rotatable bonds is 3. The van der Waals surface area contributed by atoms with Gasteiger partial charge < -0.3 is 4.90 Å². The Hall–Kier alpha value is -3.39. The van der Waals surface area contributed by atoms with E-state index in [1.807, 2.05) is 54.6 Å². The highest BCUT2D eigenvalue weighted by atomic mass is 35.5. The van der Waals surface area contributed by atoms with E-state index < -0.39 is 0 Å². The SMILES string of the molecule is C.Clc1ccc2nc(-c3ccccc3)sc2n1.c1ccc(-c2nc3ccc(N4CCCC4)nc3s2)cc1. The first-order valence-electron chi connectivity index (χ1n) is 11.8. The first kappa shape index (κ1) is 25.3. The van der Waals surface area contributed by atoms with Crippen molar-refractivity contribution in [1.82, 2.24) is 19.9 Å². The number of benzene rings is 2. The van der Waals surface area contributed by atoms with Gasteiger partial charge in [0.25, 0.3) is 0 Å². The number of pyridine rings is 2. The summed E-state index contributed by atoms with van der Waals surface area (Å²) in [4.78, 5) is 22.5. The predicted octanol–water partition coefficient (Wildman–Crippen LogP) is 8.61. The third-order valence-electron chi connectivity index (χ3n) is 5.93. The van der Waals surface area contributed by atoms with Crippen molar-refractivity contribution in [3.05, 3.63) is 90.1 Å². The molecule has 8 heteroatoms. The molecule has 4 aromatic heterocycles. The maximum Gasteiger partial charge on any atom is 0.146 e. The Morgan fingerprint density at radius 3 is 1.68 bits per heavy atom. The lowest BCUT2D eigenvalue weighted by Gasteiger charge is -2.15. The van der Waals surface area contributed by atoms with Crippen LogP contribution in [0.1, 0.15) is 20.3 Å². The molecular weight excluding hydrogens is 518 g/mol. The maximum atomic E-state index is 5.84. The quantitative estimate of drug-likeness (QED) is 0.209. The summed E-state index contributed by atoms with van der Waals surface area (Å²) in [7, 11) is 0. The number of halogens is 1. The van der Waals surface area contributed by atoms with Crippen molar-refractivity contribution in [3.63, 3.8) is 0 Å². The number of nitrogens with zero attached hydrogens (tertiary/aromatic N) is 5. The first-order chi connectivity index (χ1) is 17.7. The molecule has 0 saturated carbocycles. The molecule has 1 aliphatic rings. The summed E-state index contributed by atoms with van der Waals surface area (Å²) in [6.07, 6.45) is 2.55. The van der Waals surface area contributed by atoms with Crippen molar-refractivity contribution in [2.75, 3.05) is 18.0 Å². The Morgan fingerprint density at radius 1 is 0.595 bits per heavy atom. The van der Waals surface area contributed by atoms with Crippen LogP contribution in [0.4, 0.5) is 5.82 Å². The molecule has 37 heavy (non-hydrogen) atoms. The Labute approximate surface area is 229 Å². The zero-order valence-electron chi connectivity index (χ0n) is 19.3. The van der Waals surface area contributed by atoms with E-state index in [2.05, 4.69) is 44.1 Å². The minimum Gasteiger partial charge on any atom is -0.357 e. The second-order valence-corrected chi connectivity index (χ2v) is 10.8. The van der Waals surface area contributed by atoms with E-state index in [9.17, 15) is 0 Å². The van der Waals surface area contributed by atoms with Gasteiger partial charge in [-0.15, -0.1) is 0 Å². The zero-order valence-corrected chi connectivity index (χ0v) is 21.7. The van der Waals surface area contributed by atoms with E-state index in [-0.39, 0.29) is 7.43 Å². The molecular formula is C29H26ClN5S2. The highest BCUT2D eigenvalue weighted by Crippen LogP contribution is 2.31. The van der Waals surface area contributed by atoms with Crippen LogP contribution in [0.5, 0.6) is 0 Å². The summed E-state index contributed by atoms with van der Waals surface area (Å²) in [5.41, 5.74) is 4.17. The van der Waals surface area contributed by atoms with Crippen molar-refractivity contribution in [3.8, 4) is 21.1 Å². The molecule has 1 saturated heterocycles. The number of hydrogen-bond acceptors (Lipinski definition) is 7. The highest BCUT2D eigenvalue weighted by molar-refractivity contribution is 7.21. The monoisotopic (exact) mass is 543 g/mol. The molecule has 1 fully saturated rings. The molecule has 0 amide bonds. The lowest BCUT2D eigenvalue weighted by Crippen LogP contribution is -2.18. The van der Waals surface area contributed by atoms with Crippen molar-refractivity contribution < 1.29 is 0 Å². The van der Waals surface area contributed by atoms with Crippen LogP contribution in [0.2, 0.25) is 5.15 Å². The fourth-order valence-corrected chi connectivity index (χ4v) is 6.21. The van der Waals surface area contributed by atoms with Crippen LogP contribution in [0.15, 0.2) is 84.9 Å². The largest absolute Gasteiger partial charge is 0.357 e. The van der Waals surface area contributed by atoms with E-state index >= 15 is 0 Å². The molecule has 6 aromatic rings. The summed E-state index contributed by atoms with van der Waals surface area (Å²) in [6, 6.07) is 28.2. The van der Waals surface area contributed by atoms with Crippen molar-refractivity contribution >= 4 is 60.8 Å². The average Bonchev–Trinajstić information content (AvgIpc) is 3.69. The van der Waals surface area contributed by atoms with E-state index in [0.29, 0.717) is 5.15 Å². The second kappa shape index (κ2) is 11.3. The normalized spacial score (nSPS) is 12.8. The number of hydrogen-bond donors (Lipinski definition) is 0. The minimum atomic E-state index is 0. The summed E-state index contributed by atoms with van der Waals surface area (Å²) >= 11 is 9.07. The smallest absolute Gasteiger partial charge is 0.146 e. The molecule has 7 rings (SSSR count). The molecule has 0 radical (unpaired) electrons. The predicted molar refractivity (Wildman–Crippen MR) is 159 cm³/mol. The lowest BCUT2D eigenvalue weighted by atomic mass is 10.2. The molecule has 0 bridgehead atoms. The summed E-state index contributed by atoms with van der Waals surface area (Å²) in [6.45, 7) is 2.26. The van der Waals surface area contributed by atoms with Crippen LogP contribution in [0, 0.1) is 0 Å². The van der Waals surface area contributed by atoms with Crippen LogP contribution in [-0.4, -0.2) is 33.0 Å². The molecule has 186 valence electrons. The topological polar surface area (TPSA) is 54.8 Å². The van der Waals surface area contributed by atoms with Gasteiger partial charge in [-0.2, -0.15) is 0 Å². The number of aromatic nitrogens is 4. The van der Waals surface area contributed by atoms with E-state index in [4.69, 9.17) is 16.6 Å². The molecule has 1 aliphatic heterocycles. The fraction of sp³-hybridized carbons (Fsp3) is 0.172. The average molecular weight is 544 g/mol. The van der Waals surface area contributed by atoms with Crippen molar-refractivity contribution in [1.29, 1.82) is 0 Å². The Kier molecular flexibility index (Phi) is 7.74. The standard InChI is InChI=1S/C16H15N3S.C12H7ClN2S.CH4/c1-2-6-12(7-3-1)15-17-13-8-9-14(18-16(13)20-15)19-10-4-5-11-19;13-10-7-6-9-12(15-10)16-11(14-9)8-4-2-1-3-5-8;/h1-3,6-9H,4-5,10-11H2;1-7H;1H4. The first-order valence-corrected chi connectivity index (χ1v) is 13.8. The van der Waals surface area contributed by atoms with Gasteiger partial charge in [-0.25, -0.2) is 19.9 Å². The molecule has 0 N–H and O–H groups in total. The fourth-order valence-electron chi connectivity index (χ4n) is 4.13. The minimum absolute atomic E-state index is 0. The van der Waals surface area contributed by atoms with Gasteiger partial charge in [0.1, 0.15) is 41.7 Å². The lowest BCUT2D eigenvalue weighted by molar-refractivity contribution is 0.945. The van der Waals surface area contributed by atoms with Gasteiger partial charge in [-0.1, -0.05) is 102 Å². The van der Waals surface area contributed by atoms with E-state index in [1.165, 1.54) is 18.4 Å². The van der Waals surface area contributed by atoms with E-state index in [0.717, 1.165) is 55.2 Å². The third-order valence-corrected chi connectivity index (χ3v) is 8.17. The Morgan fingerprint density at radius 2 is 1.11 bits per heavy atom. The molecule has 0 aliphatic carbocycles. The van der Waals surface area contributed by atoms with Gasteiger partial charge in [0.2, 0.25) is 0 Å². The molecule has 5 nitrogen and oxygen atoms in total. The summed E-state index contributed by atoms with van der Waals surface area (Å²) in [5.74, 6) is 1.10. The summed E-state index contributed by atoms with van der Waals surface area (Å²) < 4.78 is 0. The summed E-state index contributed by atoms with van der Waals surface area (Å²) in [5, 5.41) is 2.54. The van der Waals surface area contributed by atoms with Crippen LogP contribution < -0.4 is 4.90 Å². The van der Waals surface area contributed by atoms with Gasteiger partial charge in [-0.05, 0) is 37.1 Å². The van der Waals surface area contributed by atoms with Crippen molar-refractivity contribution in [2.24, 2.45) is 0 Å². The highest BCUT2D eigenvalue weighted by Gasteiger charge is 2.15. The molecule has 0 atom stereocenters. The number of thiazole rings is 2. The third kappa shape index (κ3) is 5.64. The Bertz CT molecular complexity index is 1610. The van der Waals surface area contributed by atoms with Gasteiger partial charge in [0.05, 0.1) is 0 Å². The molecule has 5 heterocycles. The van der Waals surface area contributed by atoms with Gasteiger partial charge >= 0.3 is 0 Å². The Balaban J connectivity index is 0.000000151. The number of anilines is 1. The zero-order chi connectivity index (χ0) is 24.3. The van der Waals surface area contributed by atoms with Crippen molar-refractivity contribution in [2.45, 2.75) is 20.3 Å². The molecule has 0 spiro atoms. The van der Waals surface area contributed by atoms with Crippen LogP contribution in [-0.2, 0) is 0 Å². The van der Waals surface area contributed by atoms with Gasteiger partial charge in [0.15, 0.2) is 0 Å². The molecule has 0 unspecified atom stereocenters. The second-order valence-electron chi connectivity index (χ2n) is 8.42. The maximum absolute atomic E-state index is 5.84.